The Bertz CT molecular complexity index is 175. The molecule has 1 N–H and O–H groups in total. The normalized spacial score (nSPS) is 27.6. The molecule has 1 aliphatic heterocycles. The third kappa shape index (κ3) is 3.74. The molecule has 3 heteroatoms. The van der Waals surface area contributed by atoms with E-state index < -0.39 is 0 Å². The van der Waals surface area contributed by atoms with Crippen LogP contribution in [0.4, 0.5) is 0 Å². The van der Waals surface area contributed by atoms with E-state index in [0.29, 0.717) is 18.7 Å². The molecule has 1 heterocycles. The molecule has 0 radical (unpaired) electrons. The van der Waals surface area contributed by atoms with Crippen LogP contribution < -0.4 is 0 Å². The fraction of sp³-hybridized carbons (Fsp3) is 1.00. The van der Waals surface area contributed by atoms with Gasteiger partial charge in [-0.25, -0.2) is 0 Å². The number of nitrogens with zero attached hydrogens (tertiary/aromatic N) is 2. The summed E-state index contributed by atoms with van der Waals surface area (Å²) in [5.74, 6) is 0. The molecule has 0 spiro atoms. The summed E-state index contributed by atoms with van der Waals surface area (Å²) in [5, 5.41) is 9.12. The molecule has 0 aliphatic carbocycles. The number of hydrogen-bond acceptors (Lipinski definition) is 3. The molecule has 1 aliphatic rings. The van der Waals surface area contributed by atoms with Crippen molar-refractivity contribution in [2.75, 3.05) is 33.3 Å². The largest absolute Gasteiger partial charge is 0.396 e. The van der Waals surface area contributed by atoms with Crippen molar-refractivity contribution in [3.05, 3.63) is 0 Å². The summed E-state index contributed by atoms with van der Waals surface area (Å²) in [5.41, 5.74) is 0. The van der Waals surface area contributed by atoms with E-state index in [4.69, 9.17) is 5.11 Å². The number of aliphatic hydroxyl groups excluding tert-OH is 1. The van der Waals surface area contributed by atoms with E-state index in [1.54, 1.807) is 0 Å². The van der Waals surface area contributed by atoms with Gasteiger partial charge in [0, 0.05) is 25.2 Å². The summed E-state index contributed by atoms with van der Waals surface area (Å²) < 4.78 is 0. The Morgan fingerprint density at radius 3 is 2.73 bits per heavy atom. The van der Waals surface area contributed by atoms with Crippen molar-refractivity contribution < 1.29 is 5.11 Å². The molecule has 0 saturated carbocycles. The van der Waals surface area contributed by atoms with Crippen LogP contribution in [0.2, 0.25) is 0 Å². The molecule has 2 unspecified atom stereocenters. The molecule has 0 aromatic rings. The van der Waals surface area contributed by atoms with Crippen LogP contribution in [-0.4, -0.2) is 60.3 Å². The minimum Gasteiger partial charge on any atom is -0.396 e. The van der Waals surface area contributed by atoms with Crippen LogP contribution in [0.3, 0.4) is 0 Å². The summed E-state index contributed by atoms with van der Waals surface area (Å²) in [6.07, 6.45) is 3.36. The van der Waals surface area contributed by atoms with Gasteiger partial charge in [0.15, 0.2) is 0 Å². The topological polar surface area (TPSA) is 26.7 Å². The fourth-order valence-electron chi connectivity index (χ4n) is 2.48. The first kappa shape index (κ1) is 12.9. The van der Waals surface area contributed by atoms with Crippen LogP contribution in [0.15, 0.2) is 0 Å². The Kier molecular flexibility index (Phi) is 5.58. The van der Waals surface area contributed by atoms with Crippen molar-refractivity contribution in [1.29, 1.82) is 0 Å². The molecular weight excluding hydrogens is 188 g/mol. The van der Waals surface area contributed by atoms with E-state index in [9.17, 15) is 0 Å². The van der Waals surface area contributed by atoms with Gasteiger partial charge in [-0.1, -0.05) is 6.92 Å². The van der Waals surface area contributed by atoms with E-state index in [0.717, 1.165) is 13.0 Å². The molecule has 0 amide bonds. The first-order chi connectivity index (χ1) is 7.19. The van der Waals surface area contributed by atoms with Crippen LogP contribution in [0.25, 0.3) is 0 Å². The predicted molar refractivity (Wildman–Crippen MR) is 64.1 cm³/mol. The van der Waals surface area contributed by atoms with Crippen LogP contribution in [0.5, 0.6) is 0 Å². The number of hydrogen-bond donors (Lipinski definition) is 1. The highest BCUT2D eigenvalue weighted by Gasteiger charge is 2.25. The fourth-order valence-corrected chi connectivity index (χ4v) is 2.48. The van der Waals surface area contributed by atoms with Gasteiger partial charge in [-0.05, 0) is 46.3 Å². The SMILES string of the molecule is CCC(C)N1CCCN(C)CC1CCO. The van der Waals surface area contributed by atoms with E-state index in [1.165, 1.54) is 25.9 Å². The zero-order valence-corrected chi connectivity index (χ0v) is 10.4. The summed E-state index contributed by atoms with van der Waals surface area (Å²) in [6, 6.07) is 1.19. The van der Waals surface area contributed by atoms with E-state index in [2.05, 4.69) is 30.7 Å². The smallest absolute Gasteiger partial charge is 0.0446 e. The quantitative estimate of drug-likeness (QED) is 0.761. The van der Waals surface area contributed by atoms with E-state index in [-0.39, 0.29) is 0 Å². The average molecular weight is 214 g/mol. The van der Waals surface area contributed by atoms with Gasteiger partial charge in [0.05, 0.1) is 0 Å². The van der Waals surface area contributed by atoms with Gasteiger partial charge in [0.1, 0.15) is 0 Å². The third-order valence-corrected chi connectivity index (χ3v) is 3.57. The maximum absolute atomic E-state index is 9.12. The molecule has 1 saturated heterocycles. The lowest BCUT2D eigenvalue weighted by Crippen LogP contribution is -2.45. The average Bonchev–Trinajstić information content (AvgIpc) is 2.39. The molecule has 0 aromatic heterocycles. The van der Waals surface area contributed by atoms with Crippen molar-refractivity contribution >= 4 is 0 Å². The number of aliphatic hydroxyl groups is 1. The van der Waals surface area contributed by atoms with Crippen LogP contribution in [0, 0.1) is 0 Å². The Morgan fingerprint density at radius 2 is 2.13 bits per heavy atom. The molecule has 0 aromatic carbocycles. The highest BCUT2D eigenvalue weighted by molar-refractivity contribution is 4.81. The van der Waals surface area contributed by atoms with Gasteiger partial charge in [0.25, 0.3) is 0 Å². The Labute approximate surface area is 94.1 Å². The van der Waals surface area contributed by atoms with Crippen molar-refractivity contribution in [2.24, 2.45) is 0 Å². The highest BCUT2D eigenvalue weighted by atomic mass is 16.3. The number of rotatable bonds is 4. The Balaban J connectivity index is 2.62. The third-order valence-electron chi connectivity index (χ3n) is 3.57. The van der Waals surface area contributed by atoms with Gasteiger partial charge in [-0.2, -0.15) is 0 Å². The maximum Gasteiger partial charge on any atom is 0.0446 e. The minimum atomic E-state index is 0.311. The lowest BCUT2D eigenvalue weighted by molar-refractivity contribution is 0.112. The molecule has 2 atom stereocenters. The minimum absolute atomic E-state index is 0.311. The second-order valence-electron chi connectivity index (χ2n) is 4.78. The summed E-state index contributed by atoms with van der Waals surface area (Å²) in [7, 11) is 2.19. The zero-order valence-electron chi connectivity index (χ0n) is 10.4. The monoisotopic (exact) mass is 214 g/mol. The Morgan fingerprint density at radius 1 is 1.40 bits per heavy atom. The highest BCUT2D eigenvalue weighted by Crippen LogP contribution is 2.16. The van der Waals surface area contributed by atoms with Gasteiger partial charge >= 0.3 is 0 Å². The molecule has 1 fully saturated rings. The van der Waals surface area contributed by atoms with Crippen molar-refractivity contribution in [1.82, 2.24) is 9.80 Å². The standard InChI is InChI=1S/C12H26N2O/c1-4-11(2)14-8-5-7-13(3)10-12(14)6-9-15/h11-12,15H,4-10H2,1-3H3. The summed E-state index contributed by atoms with van der Waals surface area (Å²) in [6.45, 7) is 8.33. The van der Waals surface area contributed by atoms with Crippen LogP contribution in [-0.2, 0) is 0 Å². The second kappa shape index (κ2) is 6.46. The van der Waals surface area contributed by atoms with Gasteiger partial charge in [-0.15, -0.1) is 0 Å². The van der Waals surface area contributed by atoms with Gasteiger partial charge in [-0.3, -0.25) is 4.90 Å². The first-order valence-corrected chi connectivity index (χ1v) is 6.24. The zero-order chi connectivity index (χ0) is 11.3. The predicted octanol–water partition coefficient (Wildman–Crippen LogP) is 1.17. The summed E-state index contributed by atoms with van der Waals surface area (Å²) >= 11 is 0. The molecule has 1 rings (SSSR count). The molecule has 3 nitrogen and oxygen atoms in total. The molecule has 15 heavy (non-hydrogen) atoms. The summed E-state index contributed by atoms with van der Waals surface area (Å²) in [4.78, 5) is 4.97. The van der Waals surface area contributed by atoms with Crippen LogP contribution in [0.1, 0.15) is 33.1 Å². The lowest BCUT2D eigenvalue weighted by atomic mass is 10.1. The van der Waals surface area contributed by atoms with E-state index in [1.807, 2.05) is 0 Å². The van der Waals surface area contributed by atoms with Crippen LogP contribution >= 0.6 is 0 Å². The van der Waals surface area contributed by atoms with Crippen molar-refractivity contribution in [3.8, 4) is 0 Å². The van der Waals surface area contributed by atoms with Gasteiger partial charge in [0.2, 0.25) is 0 Å². The van der Waals surface area contributed by atoms with Crippen molar-refractivity contribution in [3.63, 3.8) is 0 Å². The first-order valence-electron chi connectivity index (χ1n) is 6.24. The van der Waals surface area contributed by atoms with Gasteiger partial charge < -0.3 is 10.0 Å². The molecular formula is C12H26N2O. The second-order valence-corrected chi connectivity index (χ2v) is 4.78. The molecule has 90 valence electrons. The molecule has 0 bridgehead atoms. The lowest BCUT2D eigenvalue weighted by Gasteiger charge is -2.35. The number of likely N-dealkylation sites (N-methyl/N-ethyl adjacent to an activating group) is 1. The Hall–Kier alpha value is -0.120. The van der Waals surface area contributed by atoms with E-state index >= 15 is 0 Å². The van der Waals surface area contributed by atoms with Crippen molar-refractivity contribution in [2.45, 2.75) is 45.2 Å². The maximum atomic E-state index is 9.12.